The molecule has 0 atom stereocenters. The van der Waals surface area contributed by atoms with Gasteiger partial charge >= 0.3 is 0 Å². The number of hydrogen-bond acceptors (Lipinski definition) is 9. The molecule has 0 saturated heterocycles. The number of carbonyl (C=O) groups is 1. The van der Waals surface area contributed by atoms with Gasteiger partial charge in [-0.3, -0.25) is 14.8 Å². The van der Waals surface area contributed by atoms with E-state index in [1.807, 2.05) is 24.3 Å². The van der Waals surface area contributed by atoms with Gasteiger partial charge in [-0.2, -0.15) is 0 Å². The largest absolute Gasteiger partial charge is 0.283 e. The first-order chi connectivity index (χ1) is 11.8. The SMILES string of the molecule is O=C(c1nnc(-c2ccncc2)s1)c1nnc(-c2ccncc2)s1. The average molecular weight is 352 g/mol. The molecule has 0 aromatic carbocycles. The zero-order valence-electron chi connectivity index (χ0n) is 12.0. The zero-order chi connectivity index (χ0) is 16.4. The van der Waals surface area contributed by atoms with Gasteiger partial charge in [0, 0.05) is 35.9 Å². The minimum Gasteiger partial charge on any atom is -0.283 e. The molecule has 0 amide bonds. The number of hydrogen-bond donors (Lipinski definition) is 0. The lowest BCUT2D eigenvalue weighted by molar-refractivity contribution is 0.103. The highest BCUT2D eigenvalue weighted by molar-refractivity contribution is 7.19. The van der Waals surface area contributed by atoms with Crippen molar-refractivity contribution >= 4 is 28.5 Å². The first kappa shape index (κ1) is 14.7. The third-order valence-electron chi connectivity index (χ3n) is 3.09. The van der Waals surface area contributed by atoms with Crippen molar-refractivity contribution in [2.24, 2.45) is 0 Å². The number of carbonyl (C=O) groups excluding carboxylic acids is 1. The number of ketones is 1. The van der Waals surface area contributed by atoms with Crippen molar-refractivity contribution in [2.75, 3.05) is 0 Å². The lowest BCUT2D eigenvalue weighted by atomic mass is 10.3. The molecule has 0 saturated carbocycles. The molecule has 4 heterocycles. The Morgan fingerprint density at radius 2 is 1.08 bits per heavy atom. The van der Waals surface area contributed by atoms with E-state index >= 15 is 0 Å². The van der Waals surface area contributed by atoms with Gasteiger partial charge in [-0.05, 0) is 24.3 Å². The standard InChI is InChI=1S/C15H8N6OS2/c22-11(14-20-18-12(23-14)9-1-5-16-6-2-9)15-21-19-13(24-15)10-3-7-17-8-4-10/h1-8H. The molecule has 0 aliphatic rings. The lowest BCUT2D eigenvalue weighted by Crippen LogP contribution is -1.99. The van der Waals surface area contributed by atoms with Crippen LogP contribution in [0.1, 0.15) is 14.8 Å². The van der Waals surface area contributed by atoms with E-state index in [-0.39, 0.29) is 5.78 Å². The Kier molecular flexibility index (Phi) is 3.85. The van der Waals surface area contributed by atoms with Gasteiger partial charge in [0.25, 0.3) is 5.78 Å². The summed E-state index contributed by atoms with van der Waals surface area (Å²) in [4.78, 5) is 20.4. The van der Waals surface area contributed by atoms with Gasteiger partial charge in [0.05, 0.1) is 0 Å². The van der Waals surface area contributed by atoms with Gasteiger partial charge in [0.1, 0.15) is 10.0 Å². The molecular formula is C15H8N6OS2. The van der Waals surface area contributed by atoms with Crippen LogP contribution in [0.3, 0.4) is 0 Å². The van der Waals surface area contributed by atoms with E-state index in [0.29, 0.717) is 20.0 Å². The Bertz CT molecular complexity index is 904. The Morgan fingerprint density at radius 3 is 1.50 bits per heavy atom. The molecule has 0 radical (unpaired) electrons. The van der Waals surface area contributed by atoms with Gasteiger partial charge < -0.3 is 0 Å². The van der Waals surface area contributed by atoms with E-state index in [1.54, 1.807) is 24.8 Å². The molecule has 9 heteroatoms. The van der Waals surface area contributed by atoms with Gasteiger partial charge in [-0.25, -0.2) is 0 Å². The fourth-order valence-electron chi connectivity index (χ4n) is 1.94. The van der Waals surface area contributed by atoms with Crippen LogP contribution in [0.25, 0.3) is 21.1 Å². The second kappa shape index (κ2) is 6.30. The molecule has 24 heavy (non-hydrogen) atoms. The van der Waals surface area contributed by atoms with Gasteiger partial charge in [-0.15, -0.1) is 20.4 Å². The maximum atomic E-state index is 12.5. The number of nitrogens with zero attached hydrogens (tertiary/aromatic N) is 6. The summed E-state index contributed by atoms with van der Waals surface area (Å²) in [6.45, 7) is 0. The summed E-state index contributed by atoms with van der Waals surface area (Å²) in [6, 6.07) is 7.28. The highest BCUT2D eigenvalue weighted by Gasteiger charge is 2.20. The molecule has 4 rings (SSSR count). The quantitative estimate of drug-likeness (QED) is 0.521. The van der Waals surface area contributed by atoms with Crippen molar-refractivity contribution in [1.29, 1.82) is 0 Å². The van der Waals surface area contributed by atoms with E-state index in [1.165, 1.54) is 22.7 Å². The summed E-state index contributed by atoms with van der Waals surface area (Å²) < 4.78 is 0. The van der Waals surface area contributed by atoms with E-state index in [4.69, 9.17) is 0 Å². The first-order valence-electron chi connectivity index (χ1n) is 6.84. The van der Waals surface area contributed by atoms with E-state index in [2.05, 4.69) is 30.4 Å². The van der Waals surface area contributed by atoms with Crippen LogP contribution in [0.4, 0.5) is 0 Å². The molecule has 0 aliphatic heterocycles. The van der Waals surface area contributed by atoms with Gasteiger partial charge in [0.2, 0.25) is 0 Å². The Hall–Kier alpha value is -2.91. The van der Waals surface area contributed by atoms with Crippen LogP contribution >= 0.6 is 22.7 Å². The van der Waals surface area contributed by atoms with Crippen molar-refractivity contribution < 1.29 is 4.79 Å². The molecule has 0 N–H and O–H groups in total. The Balaban J connectivity index is 1.61. The fourth-order valence-corrected chi connectivity index (χ4v) is 3.59. The molecule has 0 aliphatic carbocycles. The van der Waals surface area contributed by atoms with Crippen LogP contribution in [0.2, 0.25) is 0 Å². The van der Waals surface area contributed by atoms with Gasteiger partial charge in [0.15, 0.2) is 10.0 Å². The third kappa shape index (κ3) is 2.82. The molecular weight excluding hydrogens is 344 g/mol. The monoisotopic (exact) mass is 352 g/mol. The highest BCUT2D eigenvalue weighted by atomic mass is 32.1. The fraction of sp³-hybridized carbons (Fsp3) is 0. The molecule has 4 aromatic heterocycles. The summed E-state index contributed by atoms with van der Waals surface area (Å²) in [5.74, 6) is -0.273. The smallest absolute Gasteiger partial charge is 0.254 e. The van der Waals surface area contributed by atoms with Crippen molar-refractivity contribution in [1.82, 2.24) is 30.4 Å². The van der Waals surface area contributed by atoms with E-state index in [9.17, 15) is 4.79 Å². The Morgan fingerprint density at radius 1 is 0.667 bits per heavy atom. The normalized spacial score (nSPS) is 10.7. The second-order valence-corrected chi connectivity index (χ2v) is 6.58. The van der Waals surface area contributed by atoms with Gasteiger partial charge in [-0.1, -0.05) is 22.7 Å². The summed E-state index contributed by atoms with van der Waals surface area (Å²) >= 11 is 2.45. The first-order valence-corrected chi connectivity index (χ1v) is 8.47. The number of pyridine rings is 2. The minimum atomic E-state index is -0.273. The third-order valence-corrected chi connectivity index (χ3v) is 5.04. The van der Waals surface area contributed by atoms with Crippen LogP contribution in [-0.2, 0) is 0 Å². The molecule has 0 spiro atoms. The van der Waals surface area contributed by atoms with E-state index < -0.39 is 0 Å². The predicted octanol–water partition coefficient (Wildman–Crippen LogP) is 2.74. The second-order valence-electron chi connectivity index (χ2n) is 4.63. The van der Waals surface area contributed by atoms with Crippen LogP contribution < -0.4 is 0 Å². The molecule has 7 nitrogen and oxygen atoms in total. The summed E-state index contributed by atoms with van der Waals surface area (Å²) in [5, 5.41) is 18.0. The minimum absolute atomic E-state index is 0.273. The molecule has 0 fully saturated rings. The van der Waals surface area contributed by atoms with Crippen LogP contribution in [0.5, 0.6) is 0 Å². The topological polar surface area (TPSA) is 94.4 Å². The maximum Gasteiger partial charge on any atom is 0.254 e. The van der Waals surface area contributed by atoms with Crippen LogP contribution in [0.15, 0.2) is 49.1 Å². The van der Waals surface area contributed by atoms with Crippen molar-refractivity contribution in [3.05, 3.63) is 59.1 Å². The van der Waals surface area contributed by atoms with Crippen molar-refractivity contribution in [3.63, 3.8) is 0 Å². The summed E-state index contributed by atoms with van der Waals surface area (Å²) in [6.07, 6.45) is 6.68. The lowest BCUT2D eigenvalue weighted by Gasteiger charge is -1.91. The Labute approximate surface area is 144 Å². The molecule has 4 aromatic rings. The van der Waals surface area contributed by atoms with Crippen molar-refractivity contribution in [3.8, 4) is 21.1 Å². The number of aromatic nitrogens is 6. The predicted molar refractivity (Wildman–Crippen MR) is 89.7 cm³/mol. The van der Waals surface area contributed by atoms with Crippen molar-refractivity contribution in [2.45, 2.75) is 0 Å². The molecule has 0 unspecified atom stereocenters. The summed E-state index contributed by atoms with van der Waals surface area (Å²) in [5.41, 5.74) is 1.74. The molecule has 116 valence electrons. The molecule has 0 bridgehead atoms. The van der Waals surface area contributed by atoms with Crippen LogP contribution in [-0.4, -0.2) is 36.1 Å². The zero-order valence-corrected chi connectivity index (χ0v) is 13.7. The maximum absolute atomic E-state index is 12.5. The highest BCUT2D eigenvalue weighted by Crippen LogP contribution is 2.27. The summed E-state index contributed by atoms with van der Waals surface area (Å²) in [7, 11) is 0. The number of rotatable bonds is 4. The average Bonchev–Trinajstić information content (AvgIpc) is 3.33. The van der Waals surface area contributed by atoms with E-state index in [0.717, 1.165) is 11.1 Å². The van der Waals surface area contributed by atoms with Crippen LogP contribution in [0, 0.1) is 0 Å².